The number of hydrogen-bond acceptors (Lipinski definition) is 2. The highest BCUT2D eigenvalue weighted by Gasteiger charge is 2.29. The van der Waals surface area contributed by atoms with Gasteiger partial charge in [0.05, 0.1) is 6.10 Å². The van der Waals surface area contributed by atoms with Crippen LogP contribution < -0.4 is 5.32 Å². The van der Waals surface area contributed by atoms with Crippen molar-refractivity contribution in [3.8, 4) is 0 Å². The van der Waals surface area contributed by atoms with Crippen molar-refractivity contribution < 1.29 is 9.90 Å². The van der Waals surface area contributed by atoms with Gasteiger partial charge in [0.15, 0.2) is 0 Å². The second-order valence-corrected chi connectivity index (χ2v) is 6.49. The molecule has 0 heterocycles. The van der Waals surface area contributed by atoms with E-state index in [1.165, 1.54) is 32.1 Å². The van der Waals surface area contributed by atoms with Gasteiger partial charge in [-0.25, -0.2) is 0 Å². The fraction of sp³-hybridized carbons (Fsp3) is 0.650. The minimum absolute atomic E-state index is 0.0426. The fourth-order valence-electron chi connectivity index (χ4n) is 3.14. The largest absolute Gasteiger partial charge is 0.388 e. The molecule has 3 atom stereocenters. The molecule has 0 spiro atoms. The third-order valence-corrected chi connectivity index (χ3v) is 4.73. The molecule has 2 N–H and O–H groups in total. The number of unbranched alkanes of at least 4 members (excludes halogenated alkanes) is 5. The SMILES string of the molecule is CCCCCCCCC(C(=O)NC)[C@H](C)[C@H](O)c1ccccc1. The van der Waals surface area contributed by atoms with Crippen molar-refractivity contribution in [1.82, 2.24) is 5.32 Å². The van der Waals surface area contributed by atoms with Crippen LogP contribution in [0.25, 0.3) is 0 Å². The molecule has 1 unspecified atom stereocenters. The number of carbonyl (C=O) groups is 1. The van der Waals surface area contributed by atoms with Crippen LogP contribution in [-0.2, 0) is 4.79 Å². The molecule has 0 radical (unpaired) electrons. The first-order chi connectivity index (χ1) is 11.1. The van der Waals surface area contributed by atoms with E-state index in [0.29, 0.717) is 0 Å². The molecule has 0 bridgehead atoms. The Bertz CT molecular complexity index is 433. The van der Waals surface area contributed by atoms with Crippen LogP contribution in [0.3, 0.4) is 0 Å². The first-order valence-corrected chi connectivity index (χ1v) is 9.06. The maximum Gasteiger partial charge on any atom is 0.223 e. The molecule has 0 saturated heterocycles. The summed E-state index contributed by atoms with van der Waals surface area (Å²) in [5.74, 6) is -0.185. The van der Waals surface area contributed by atoms with Crippen molar-refractivity contribution in [1.29, 1.82) is 0 Å². The lowest BCUT2D eigenvalue weighted by molar-refractivity contribution is -0.128. The normalized spacial score (nSPS) is 15.0. The first kappa shape index (κ1) is 19.7. The van der Waals surface area contributed by atoms with E-state index in [1.54, 1.807) is 7.05 Å². The van der Waals surface area contributed by atoms with Gasteiger partial charge < -0.3 is 10.4 Å². The molecular weight excluding hydrogens is 286 g/mol. The van der Waals surface area contributed by atoms with Crippen LogP contribution in [0.1, 0.15) is 70.5 Å². The van der Waals surface area contributed by atoms with Crippen LogP contribution >= 0.6 is 0 Å². The quantitative estimate of drug-likeness (QED) is 0.591. The Morgan fingerprint density at radius 2 is 1.70 bits per heavy atom. The molecule has 3 nitrogen and oxygen atoms in total. The second-order valence-electron chi connectivity index (χ2n) is 6.49. The lowest BCUT2D eigenvalue weighted by Gasteiger charge is -2.27. The van der Waals surface area contributed by atoms with Crippen molar-refractivity contribution in [3.63, 3.8) is 0 Å². The highest BCUT2D eigenvalue weighted by molar-refractivity contribution is 5.78. The van der Waals surface area contributed by atoms with Gasteiger partial charge in [-0.05, 0) is 17.9 Å². The van der Waals surface area contributed by atoms with Gasteiger partial charge in [0.2, 0.25) is 5.91 Å². The summed E-state index contributed by atoms with van der Waals surface area (Å²) in [6, 6.07) is 9.63. The van der Waals surface area contributed by atoms with Gasteiger partial charge in [-0.3, -0.25) is 4.79 Å². The number of carbonyl (C=O) groups excluding carboxylic acids is 1. The van der Waals surface area contributed by atoms with Gasteiger partial charge >= 0.3 is 0 Å². The smallest absolute Gasteiger partial charge is 0.223 e. The Kier molecular flexibility index (Phi) is 9.61. The lowest BCUT2D eigenvalue weighted by Crippen LogP contribution is -2.34. The molecule has 3 heteroatoms. The fourth-order valence-corrected chi connectivity index (χ4v) is 3.14. The van der Waals surface area contributed by atoms with Crippen molar-refractivity contribution in [2.75, 3.05) is 7.05 Å². The van der Waals surface area contributed by atoms with Crippen molar-refractivity contribution in [2.24, 2.45) is 11.8 Å². The summed E-state index contributed by atoms with van der Waals surface area (Å²) in [5.41, 5.74) is 0.886. The monoisotopic (exact) mass is 319 g/mol. The summed E-state index contributed by atoms with van der Waals surface area (Å²) in [7, 11) is 1.68. The zero-order valence-corrected chi connectivity index (χ0v) is 14.9. The minimum atomic E-state index is -0.599. The van der Waals surface area contributed by atoms with E-state index in [-0.39, 0.29) is 17.7 Å². The molecule has 0 aliphatic rings. The summed E-state index contributed by atoms with van der Waals surface area (Å²) in [6.07, 6.45) is 7.53. The topological polar surface area (TPSA) is 49.3 Å². The zero-order valence-electron chi connectivity index (χ0n) is 14.9. The number of hydrogen-bond donors (Lipinski definition) is 2. The Morgan fingerprint density at radius 3 is 2.30 bits per heavy atom. The molecule has 23 heavy (non-hydrogen) atoms. The van der Waals surface area contributed by atoms with E-state index in [2.05, 4.69) is 12.2 Å². The highest BCUT2D eigenvalue weighted by Crippen LogP contribution is 2.31. The van der Waals surface area contributed by atoms with E-state index in [9.17, 15) is 9.90 Å². The van der Waals surface area contributed by atoms with Crippen LogP contribution in [0.15, 0.2) is 30.3 Å². The van der Waals surface area contributed by atoms with E-state index >= 15 is 0 Å². The van der Waals surface area contributed by atoms with E-state index in [0.717, 1.165) is 18.4 Å². The molecule has 0 saturated carbocycles. The van der Waals surface area contributed by atoms with Crippen LogP contribution in [0.4, 0.5) is 0 Å². The highest BCUT2D eigenvalue weighted by atomic mass is 16.3. The van der Waals surface area contributed by atoms with Crippen LogP contribution in [0.5, 0.6) is 0 Å². The van der Waals surface area contributed by atoms with E-state index in [1.807, 2.05) is 37.3 Å². The summed E-state index contributed by atoms with van der Waals surface area (Å²) in [5, 5.41) is 13.4. The first-order valence-electron chi connectivity index (χ1n) is 9.06. The molecule has 0 aliphatic heterocycles. The number of rotatable bonds is 11. The average Bonchev–Trinajstić information content (AvgIpc) is 2.60. The van der Waals surface area contributed by atoms with E-state index < -0.39 is 6.10 Å². The number of nitrogens with one attached hydrogen (secondary N) is 1. The van der Waals surface area contributed by atoms with Gasteiger partial charge in [-0.15, -0.1) is 0 Å². The third kappa shape index (κ3) is 6.74. The predicted octanol–water partition coefficient (Wildman–Crippen LogP) is 4.47. The Morgan fingerprint density at radius 1 is 1.09 bits per heavy atom. The minimum Gasteiger partial charge on any atom is -0.388 e. The van der Waals surface area contributed by atoms with E-state index in [4.69, 9.17) is 0 Å². The molecule has 0 aliphatic carbocycles. The standard InChI is InChI=1S/C20H33NO2/c1-4-5-6-7-8-12-15-18(20(23)21-3)16(2)19(22)17-13-10-9-11-14-17/h9-11,13-14,16,18-19,22H,4-8,12,15H2,1-3H3,(H,21,23)/t16-,18?,19-/m0/s1. The van der Waals surface area contributed by atoms with Gasteiger partial charge in [0.1, 0.15) is 0 Å². The summed E-state index contributed by atoms with van der Waals surface area (Å²) >= 11 is 0. The molecule has 1 aromatic rings. The van der Waals surface area contributed by atoms with Crippen molar-refractivity contribution in [3.05, 3.63) is 35.9 Å². The third-order valence-electron chi connectivity index (χ3n) is 4.73. The van der Waals surface area contributed by atoms with Gasteiger partial charge in [0.25, 0.3) is 0 Å². The lowest BCUT2D eigenvalue weighted by atomic mass is 9.82. The van der Waals surface area contributed by atoms with Gasteiger partial charge in [-0.1, -0.05) is 82.7 Å². The van der Waals surface area contributed by atoms with Crippen molar-refractivity contribution >= 4 is 5.91 Å². The molecule has 130 valence electrons. The Balaban J connectivity index is 2.57. The van der Waals surface area contributed by atoms with Crippen LogP contribution in [0.2, 0.25) is 0 Å². The molecule has 1 rings (SSSR count). The van der Waals surface area contributed by atoms with Crippen LogP contribution in [-0.4, -0.2) is 18.1 Å². The van der Waals surface area contributed by atoms with Gasteiger partial charge in [-0.2, -0.15) is 0 Å². The predicted molar refractivity (Wildman–Crippen MR) is 96.1 cm³/mol. The number of aliphatic hydroxyl groups is 1. The zero-order chi connectivity index (χ0) is 17.1. The number of aliphatic hydroxyl groups excluding tert-OH is 1. The maximum absolute atomic E-state index is 12.2. The molecule has 0 fully saturated rings. The number of amides is 1. The maximum atomic E-state index is 12.2. The van der Waals surface area contributed by atoms with Crippen LogP contribution in [0, 0.1) is 11.8 Å². The Hall–Kier alpha value is -1.35. The second kappa shape index (κ2) is 11.2. The summed E-state index contributed by atoms with van der Waals surface area (Å²) < 4.78 is 0. The number of benzene rings is 1. The summed E-state index contributed by atoms with van der Waals surface area (Å²) in [4.78, 5) is 12.2. The molecule has 0 aromatic heterocycles. The van der Waals surface area contributed by atoms with Gasteiger partial charge in [0, 0.05) is 13.0 Å². The Labute approximate surface area is 141 Å². The van der Waals surface area contributed by atoms with Crippen molar-refractivity contribution in [2.45, 2.75) is 64.9 Å². The average molecular weight is 319 g/mol. The molecule has 1 amide bonds. The summed E-state index contributed by atoms with van der Waals surface area (Å²) in [6.45, 7) is 4.20. The molecule has 1 aromatic carbocycles. The molecular formula is C20H33NO2.